The van der Waals surface area contributed by atoms with Crippen LogP contribution in [-0.2, 0) is 9.53 Å². The van der Waals surface area contributed by atoms with Gasteiger partial charge in [0.05, 0.1) is 12.2 Å². The molecule has 2 bridgehead atoms. The highest BCUT2D eigenvalue weighted by Crippen LogP contribution is 2.44. The Hall–Kier alpha value is -2.67. The van der Waals surface area contributed by atoms with Crippen molar-refractivity contribution < 1.29 is 19.4 Å². The zero-order valence-corrected chi connectivity index (χ0v) is 16.7. The van der Waals surface area contributed by atoms with Gasteiger partial charge < -0.3 is 15.2 Å². The Balaban J connectivity index is 1.51. The number of amides is 2. The van der Waals surface area contributed by atoms with E-state index in [1.165, 1.54) is 5.01 Å². The summed E-state index contributed by atoms with van der Waals surface area (Å²) in [6, 6.07) is 9.01. The molecule has 2 amide bonds. The summed E-state index contributed by atoms with van der Waals surface area (Å²) in [5, 5.41) is 17.2. The molecule has 2 heterocycles. The molecule has 29 heavy (non-hydrogen) atoms. The predicted molar refractivity (Wildman–Crippen MR) is 112 cm³/mol. The van der Waals surface area contributed by atoms with Crippen LogP contribution >= 0.6 is 0 Å². The molecule has 2 aliphatic rings. The molecule has 0 aromatic heterocycles. The molecule has 0 spiro atoms. The minimum Gasteiger partial charge on any atom is -0.481 e. The quantitative estimate of drug-likeness (QED) is 0.283. The summed E-state index contributed by atoms with van der Waals surface area (Å²) in [5.41, 5.74) is 0.730. The second-order valence-electron chi connectivity index (χ2n) is 7.61. The van der Waals surface area contributed by atoms with Crippen LogP contribution in [0.2, 0.25) is 0 Å². The number of carbonyl (C=O) groups is 2. The summed E-state index contributed by atoms with van der Waals surface area (Å²) in [5.74, 6) is -0.222. The number of benzene rings is 1. The predicted octanol–water partition coefficient (Wildman–Crippen LogP) is 4.13. The first-order valence-electron chi connectivity index (χ1n) is 10.2. The van der Waals surface area contributed by atoms with Crippen molar-refractivity contribution in [1.29, 1.82) is 0 Å². The van der Waals surface area contributed by atoms with Gasteiger partial charge in [0.1, 0.15) is 0 Å². The fourth-order valence-electron chi connectivity index (χ4n) is 4.02. The first-order chi connectivity index (χ1) is 14.0. The van der Waals surface area contributed by atoms with Crippen LogP contribution in [-0.4, -0.2) is 47.6 Å². The normalized spacial score (nSPS) is 25.7. The Morgan fingerprint density at radius 3 is 2.76 bits per heavy atom. The van der Waals surface area contributed by atoms with Gasteiger partial charge in [0.2, 0.25) is 0 Å². The van der Waals surface area contributed by atoms with Crippen molar-refractivity contribution in [1.82, 2.24) is 5.01 Å². The Kier molecular flexibility index (Phi) is 7.41. The number of fused-ring (bicyclic) bond motifs is 2. The lowest BCUT2D eigenvalue weighted by Crippen LogP contribution is -2.31. The average Bonchev–Trinajstić information content (AvgIpc) is 3.31. The van der Waals surface area contributed by atoms with E-state index >= 15 is 0 Å². The number of aliphatic carboxylic acids is 1. The van der Waals surface area contributed by atoms with Crippen LogP contribution in [0.3, 0.4) is 0 Å². The van der Waals surface area contributed by atoms with Crippen LogP contribution in [0.4, 0.5) is 10.5 Å². The third-order valence-electron chi connectivity index (χ3n) is 5.55. The first-order valence-corrected chi connectivity index (χ1v) is 10.2. The van der Waals surface area contributed by atoms with Crippen molar-refractivity contribution in [2.75, 3.05) is 12.4 Å². The molecular weight excluding hydrogens is 370 g/mol. The lowest BCUT2D eigenvalue weighted by Gasteiger charge is -2.24. The zero-order chi connectivity index (χ0) is 20.6. The molecule has 4 atom stereocenters. The highest BCUT2D eigenvalue weighted by atomic mass is 16.5. The maximum atomic E-state index is 12.3. The molecule has 2 N–H and O–H groups in total. The molecule has 7 heteroatoms. The van der Waals surface area contributed by atoms with E-state index in [4.69, 9.17) is 9.84 Å². The number of carboxylic acids is 1. The van der Waals surface area contributed by atoms with Gasteiger partial charge in [-0.1, -0.05) is 30.4 Å². The van der Waals surface area contributed by atoms with E-state index in [1.807, 2.05) is 36.5 Å². The number of hydrazone groups is 1. The Labute approximate surface area is 171 Å². The summed E-state index contributed by atoms with van der Waals surface area (Å²) < 4.78 is 6.07. The van der Waals surface area contributed by atoms with Crippen molar-refractivity contribution in [2.24, 2.45) is 16.9 Å². The van der Waals surface area contributed by atoms with Crippen LogP contribution in [0.5, 0.6) is 0 Å². The molecule has 2 saturated heterocycles. The number of rotatable bonds is 9. The number of nitrogens with zero attached hydrogens (tertiary/aromatic N) is 2. The second-order valence-corrected chi connectivity index (χ2v) is 7.61. The standard InChI is InChI=1S/C22H29N3O4/c1-25(22(28)24-16-9-5-4-6-10-16)23-15-18-17(19-13-14-20(18)29-19)11-7-2-3-8-12-21(26)27/h2,4-7,9-10,15,17-20H,3,8,11-14H2,1H3,(H,24,28)(H,26,27)/t17-,18+,19-,20+/m1/s1. The fraction of sp³-hybridized carbons (Fsp3) is 0.500. The summed E-state index contributed by atoms with van der Waals surface area (Å²) >= 11 is 0. The molecule has 3 rings (SSSR count). The number of para-hydroxylation sites is 1. The van der Waals surface area contributed by atoms with E-state index in [2.05, 4.69) is 22.6 Å². The molecule has 0 unspecified atom stereocenters. The molecular formula is C22H29N3O4. The van der Waals surface area contributed by atoms with Crippen LogP contribution in [0.25, 0.3) is 0 Å². The number of urea groups is 1. The molecule has 0 aliphatic carbocycles. The summed E-state index contributed by atoms with van der Waals surface area (Å²) in [6.07, 6.45) is 11.1. The van der Waals surface area contributed by atoms with Gasteiger partial charge in [-0.3, -0.25) is 4.79 Å². The number of carboxylic acid groups (broad SMARTS) is 1. The van der Waals surface area contributed by atoms with Gasteiger partial charge in [-0.15, -0.1) is 0 Å². The van der Waals surface area contributed by atoms with E-state index in [9.17, 15) is 9.59 Å². The van der Waals surface area contributed by atoms with Crippen molar-refractivity contribution in [2.45, 2.75) is 50.7 Å². The minimum absolute atomic E-state index is 0.166. The van der Waals surface area contributed by atoms with Crippen LogP contribution in [0.15, 0.2) is 47.6 Å². The van der Waals surface area contributed by atoms with Crippen molar-refractivity contribution in [3.8, 4) is 0 Å². The van der Waals surface area contributed by atoms with Gasteiger partial charge in [0, 0.05) is 31.3 Å². The number of allylic oxidation sites excluding steroid dienone is 2. The van der Waals surface area contributed by atoms with Gasteiger partial charge >= 0.3 is 12.0 Å². The lowest BCUT2D eigenvalue weighted by molar-refractivity contribution is -0.137. The van der Waals surface area contributed by atoms with E-state index in [1.54, 1.807) is 7.05 Å². The zero-order valence-electron chi connectivity index (χ0n) is 16.7. The molecule has 2 fully saturated rings. The van der Waals surface area contributed by atoms with Crippen LogP contribution in [0.1, 0.15) is 38.5 Å². The van der Waals surface area contributed by atoms with Crippen LogP contribution < -0.4 is 5.32 Å². The van der Waals surface area contributed by atoms with Gasteiger partial charge in [-0.05, 0) is 50.2 Å². The third kappa shape index (κ3) is 5.90. The van der Waals surface area contributed by atoms with E-state index in [0.717, 1.165) is 31.4 Å². The molecule has 1 aromatic carbocycles. The first kappa shape index (κ1) is 21.0. The third-order valence-corrected chi connectivity index (χ3v) is 5.55. The fourth-order valence-corrected chi connectivity index (χ4v) is 4.02. The number of nitrogens with one attached hydrogen (secondary N) is 1. The molecule has 2 aliphatic heterocycles. The van der Waals surface area contributed by atoms with Crippen molar-refractivity contribution >= 4 is 23.9 Å². The largest absolute Gasteiger partial charge is 0.481 e. The molecule has 156 valence electrons. The summed E-state index contributed by atoms with van der Waals surface area (Å²) in [4.78, 5) is 22.9. The Morgan fingerprint density at radius 2 is 2.00 bits per heavy atom. The van der Waals surface area contributed by atoms with Gasteiger partial charge in [0.15, 0.2) is 0 Å². The summed E-state index contributed by atoms with van der Waals surface area (Å²) in [6.45, 7) is 0. The van der Waals surface area contributed by atoms with Crippen molar-refractivity contribution in [3.63, 3.8) is 0 Å². The average molecular weight is 399 g/mol. The lowest BCUT2D eigenvalue weighted by atomic mass is 9.78. The Morgan fingerprint density at radius 1 is 1.24 bits per heavy atom. The SMILES string of the molecule is CN(N=C[C@H]1[C@@H](CC=CCCCC(=O)O)[C@H]2CC[C@@H]1O2)C(=O)Nc1ccccc1. The maximum absolute atomic E-state index is 12.3. The summed E-state index contributed by atoms with van der Waals surface area (Å²) in [7, 11) is 1.64. The van der Waals surface area contributed by atoms with Gasteiger partial charge in [-0.2, -0.15) is 5.10 Å². The smallest absolute Gasteiger partial charge is 0.341 e. The molecule has 0 radical (unpaired) electrons. The molecule has 0 saturated carbocycles. The number of anilines is 1. The Bertz CT molecular complexity index is 750. The van der Waals surface area contributed by atoms with Gasteiger partial charge in [0.25, 0.3) is 0 Å². The number of ether oxygens (including phenoxy) is 1. The monoisotopic (exact) mass is 399 g/mol. The van der Waals surface area contributed by atoms with Gasteiger partial charge in [-0.25, -0.2) is 9.80 Å². The highest BCUT2D eigenvalue weighted by Gasteiger charge is 2.47. The number of unbranched alkanes of at least 4 members (excludes halogenated alkanes) is 1. The minimum atomic E-state index is -0.753. The second kappa shape index (κ2) is 10.2. The van der Waals surface area contributed by atoms with Crippen LogP contribution in [0, 0.1) is 11.8 Å². The number of hydrogen-bond donors (Lipinski definition) is 2. The van der Waals surface area contributed by atoms with E-state index in [-0.39, 0.29) is 30.6 Å². The number of hydrogen-bond acceptors (Lipinski definition) is 4. The topological polar surface area (TPSA) is 91.2 Å². The number of carbonyl (C=O) groups excluding carboxylic acids is 1. The van der Waals surface area contributed by atoms with E-state index in [0.29, 0.717) is 12.3 Å². The van der Waals surface area contributed by atoms with E-state index < -0.39 is 5.97 Å². The molecule has 7 nitrogen and oxygen atoms in total. The molecule has 1 aromatic rings. The van der Waals surface area contributed by atoms with Crippen molar-refractivity contribution in [3.05, 3.63) is 42.5 Å². The highest BCUT2D eigenvalue weighted by molar-refractivity contribution is 5.89. The maximum Gasteiger partial charge on any atom is 0.341 e.